The lowest BCUT2D eigenvalue weighted by Crippen LogP contribution is -2.45. The summed E-state index contributed by atoms with van der Waals surface area (Å²) in [5.74, 6) is -0.241. The molecule has 0 fully saturated rings. The largest absolute Gasteiger partial charge is 0.756 e. The molecule has 534 valence electrons. The highest BCUT2D eigenvalue weighted by Gasteiger charge is 2.23. The number of carbonyl (C=O) groups excluding carboxylic acids is 1. The Morgan fingerprint density at radius 2 is 0.660 bits per heavy atom. The number of phosphoric acid groups is 1. The van der Waals surface area contributed by atoms with Crippen LogP contribution in [0.3, 0.4) is 0 Å². The Bertz CT molecular complexity index is 2200. The number of aliphatic hydroxyl groups excluding tert-OH is 1. The van der Waals surface area contributed by atoms with Crippen LogP contribution < -0.4 is 10.2 Å². The highest BCUT2D eigenvalue weighted by molar-refractivity contribution is 7.45. The van der Waals surface area contributed by atoms with Gasteiger partial charge in [0.25, 0.3) is 7.82 Å². The summed E-state index contributed by atoms with van der Waals surface area (Å²) in [4.78, 5) is 25.7. The van der Waals surface area contributed by atoms with E-state index in [2.05, 4.69) is 189 Å². The Balaban J connectivity index is 4.23. The first-order valence-electron chi connectivity index (χ1n) is 38.1. The van der Waals surface area contributed by atoms with Gasteiger partial charge in [-0.05, 0) is 135 Å². The Morgan fingerprint density at radius 3 is 0.989 bits per heavy atom. The zero-order valence-electron chi connectivity index (χ0n) is 61.1. The van der Waals surface area contributed by atoms with Crippen molar-refractivity contribution in [3.05, 3.63) is 182 Å². The smallest absolute Gasteiger partial charge is 0.268 e. The van der Waals surface area contributed by atoms with E-state index in [1.165, 1.54) is 141 Å². The van der Waals surface area contributed by atoms with Crippen molar-refractivity contribution >= 4 is 13.7 Å². The summed E-state index contributed by atoms with van der Waals surface area (Å²) in [7, 11) is 1.20. The maximum atomic E-state index is 13.0. The van der Waals surface area contributed by atoms with Gasteiger partial charge < -0.3 is 28.8 Å². The molecule has 0 bridgehead atoms. The minimum Gasteiger partial charge on any atom is -0.756 e. The first-order chi connectivity index (χ1) is 46.0. The zero-order chi connectivity index (χ0) is 68.3. The number of rotatable bonds is 68. The highest BCUT2D eigenvalue weighted by atomic mass is 31.2. The van der Waals surface area contributed by atoms with Gasteiger partial charge in [-0.25, -0.2) is 0 Å². The van der Waals surface area contributed by atoms with Gasteiger partial charge >= 0.3 is 0 Å². The van der Waals surface area contributed by atoms with Crippen LogP contribution in [0.5, 0.6) is 0 Å². The monoisotopic (exact) mass is 1320 g/mol. The first kappa shape index (κ1) is 89.6. The molecule has 1 amide bonds. The van der Waals surface area contributed by atoms with Crippen molar-refractivity contribution in [3.63, 3.8) is 0 Å². The van der Waals surface area contributed by atoms with Gasteiger partial charge in [0, 0.05) is 6.42 Å². The standard InChI is InChI=1S/C85H143N2O6P/c1-6-8-10-12-14-16-18-20-22-24-26-28-30-32-34-36-38-39-40-41-42-43-44-45-46-47-49-51-53-55-57-59-61-63-65-67-69-71-73-75-77-79-85(89)86-83(82-93-94(90,91)92-81-80-87(3,4)5)84(88)78-76-74-72-70-68-66-64-62-60-58-56-54-52-50-48-37-35-33-31-29-27-25-23-21-19-17-15-13-11-9-7-2/h8,10,14,16,20,22,26,28,32,34,38-39,41-42,44-45,47,49,53,55,59-62,65,67-68,70,76,78,83-84,88H,6-7,9,11-13,15,17-19,21,23-25,27,29-31,33,35-37,40,43,46,48,50-52,54,56-58,63-64,66,69,71-75,77,79-82H2,1-5H3,(H-,86,89,90,91)/b10-8-,16-14-,22-20-,28-26-,34-32-,39-38-,42-41-,45-44-,49-47-,55-53-,61-59-,62-60+,67-65-,70-68+,78-76+. The molecule has 0 aromatic carbocycles. The number of phosphoric ester groups is 1. The van der Waals surface area contributed by atoms with E-state index in [0.717, 1.165) is 122 Å². The normalized spacial score (nSPS) is 14.6. The van der Waals surface area contributed by atoms with Gasteiger partial charge in [-0.2, -0.15) is 0 Å². The van der Waals surface area contributed by atoms with Crippen molar-refractivity contribution < 1.29 is 32.9 Å². The van der Waals surface area contributed by atoms with E-state index in [-0.39, 0.29) is 18.9 Å². The second-order valence-electron chi connectivity index (χ2n) is 26.3. The second kappa shape index (κ2) is 72.9. The Morgan fingerprint density at radius 1 is 0.383 bits per heavy atom. The minimum atomic E-state index is -4.64. The van der Waals surface area contributed by atoms with E-state index in [4.69, 9.17) is 9.05 Å². The van der Waals surface area contributed by atoms with Crippen molar-refractivity contribution in [2.75, 3.05) is 40.9 Å². The summed E-state index contributed by atoms with van der Waals surface area (Å²) in [6, 6.07) is -0.940. The van der Waals surface area contributed by atoms with Gasteiger partial charge in [0.1, 0.15) is 13.2 Å². The molecule has 94 heavy (non-hydrogen) atoms. The van der Waals surface area contributed by atoms with Gasteiger partial charge in [-0.1, -0.05) is 337 Å². The molecule has 0 aliphatic rings. The molecule has 0 saturated heterocycles. The number of nitrogens with one attached hydrogen (secondary N) is 1. The number of quaternary nitrogens is 1. The molecule has 9 heteroatoms. The van der Waals surface area contributed by atoms with Crippen LogP contribution in [0.2, 0.25) is 0 Å². The van der Waals surface area contributed by atoms with Crippen molar-refractivity contribution in [1.82, 2.24) is 5.32 Å². The van der Waals surface area contributed by atoms with Gasteiger partial charge in [-0.3, -0.25) is 9.36 Å². The lowest BCUT2D eigenvalue weighted by atomic mass is 10.0. The van der Waals surface area contributed by atoms with Gasteiger partial charge in [0.15, 0.2) is 0 Å². The van der Waals surface area contributed by atoms with E-state index in [1.807, 2.05) is 27.2 Å². The summed E-state index contributed by atoms with van der Waals surface area (Å²) in [6.45, 7) is 4.49. The predicted octanol–water partition coefficient (Wildman–Crippen LogP) is 24.6. The van der Waals surface area contributed by atoms with Crippen LogP contribution in [0.4, 0.5) is 0 Å². The second-order valence-corrected chi connectivity index (χ2v) is 27.7. The molecule has 0 heterocycles. The summed E-state index contributed by atoms with van der Waals surface area (Å²) in [5, 5.41) is 13.9. The maximum absolute atomic E-state index is 13.0. The third kappa shape index (κ3) is 75.0. The quantitative estimate of drug-likeness (QED) is 0.0272. The highest BCUT2D eigenvalue weighted by Crippen LogP contribution is 2.38. The van der Waals surface area contributed by atoms with E-state index < -0.39 is 26.6 Å². The molecular weight excluding hydrogens is 1180 g/mol. The van der Waals surface area contributed by atoms with Crippen molar-refractivity contribution in [3.8, 4) is 0 Å². The Kier molecular flexibility index (Phi) is 69.4. The molecule has 0 rings (SSSR count). The van der Waals surface area contributed by atoms with Gasteiger partial charge in [0.2, 0.25) is 5.91 Å². The van der Waals surface area contributed by atoms with Crippen LogP contribution in [-0.2, 0) is 18.4 Å². The summed E-state index contributed by atoms with van der Waals surface area (Å²) in [6.07, 6.45) is 116. The van der Waals surface area contributed by atoms with Crippen molar-refractivity contribution in [2.24, 2.45) is 0 Å². The molecule has 8 nitrogen and oxygen atoms in total. The fourth-order valence-corrected chi connectivity index (χ4v) is 11.0. The fraction of sp³-hybridized carbons (Fsp3) is 0.635. The molecule has 0 saturated carbocycles. The van der Waals surface area contributed by atoms with Crippen LogP contribution in [0.15, 0.2) is 182 Å². The van der Waals surface area contributed by atoms with Crippen LogP contribution in [0, 0.1) is 0 Å². The summed E-state index contributed by atoms with van der Waals surface area (Å²) < 4.78 is 23.4. The molecule has 0 aromatic heterocycles. The molecule has 2 N–H and O–H groups in total. The topological polar surface area (TPSA) is 108 Å². The summed E-state index contributed by atoms with van der Waals surface area (Å²) in [5.41, 5.74) is 0. The molecular formula is C85H143N2O6P. The number of hydrogen-bond acceptors (Lipinski definition) is 6. The number of nitrogens with zero attached hydrogens (tertiary/aromatic N) is 1. The number of hydrogen-bond donors (Lipinski definition) is 2. The number of carbonyl (C=O) groups is 1. The Labute approximate surface area is 580 Å². The fourth-order valence-electron chi connectivity index (χ4n) is 10.2. The molecule has 0 spiro atoms. The predicted molar refractivity (Wildman–Crippen MR) is 412 cm³/mol. The average molecular weight is 1320 g/mol. The van der Waals surface area contributed by atoms with Crippen molar-refractivity contribution in [1.29, 1.82) is 0 Å². The third-order valence-electron chi connectivity index (χ3n) is 16.1. The molecule has 3 atom stereocenters. The number of aliphatic hydroxyl groups is 1. The van der Waals surface area contributed by atoms with E-state index in [1.54, 1.807) is 6.08 Å². The summed E-state index contributed by atoms with van der Waals surface area (Å²) >= 11 is 0. The average Bonchev–Trinajstić information content (AvgIpc) is 1.77. The van der Waals surface area contributed by atoms with E-state index in [0.29, 0.717) is 23.9 Å². The molecule has 0 aliphatic carbocycles. The van der Waals surface area contributed by atoms with E-state index in [9.17, 15) is 19.4 Å². The minimum absolute atomic E-state index is 0.0240. The van der Waals surface area contributed by atoms with Crippen LogP contribution in [0.1, 0.15) is 296 Å². The number of allylic oxidation sites excluding steroid dienone is 29. The number of amides is 1. The molecule has 0 aliphatic heterocycles. The molecule has 3 unspecified atom stereocenters. The number of unbranched alkanes of at least 4 members (excludes halogenated alkanes) is 27. The third-order valence-corrected chi connectivity index (χ3v) is 17.0. The molecule has 0 radical (unpaired) electrons. The first-order valence-corrected chi connectivity index (χ1v) is 39.6. The lowest BCUT2D eigenvalue weighted by molar-refractivity contribution is -0.870. The zero-order valence-corrected chi connectivity index (χ0v) is 62.0. The SMILES string of the molecule is CC/C=C\C/C=C\C/C=C\C/C=C\C/C=C\C/C=C\C/C=C\C/C=C\C/C=C\C/C=C\C/C=C\C/C=C\CCCCCCC(=O)NC(COP(=O)([O-])OCC[N+](C)(C)C)C(O)/C=C/CC/C=C/CC/C=C/CCCCCCCCCCCCCCCCCCCCCCC. The van der Waals surface area contributed by atoms with Crippen LogP contribution in [-0.4, -0.2) is 68.5 Å². The van der Waals surface area contributed by atoms with Gasteiger partial charge in [0.05, 0.1) is 39.9 Å². The van der Waals surface area contributed by atoms with Crippen molar-refractivity contribution in [2.45, 2.75) is 309 Å². The van der Waals surface area contributed by atoms with Crippen LogP contribution >= 0.6 is 7.82 Å². The van der Waals surface area contributed by atoms with E-state index >= 15 is 0 Å². The maximum Gasteiger partial charge on any atom is 0.268 e. The Hall–Kier alpha value is -4.40. The number of likely N-dealkylation sites (N-methyl/N-ethyl adjacent to an activating group) is 1. The lowest BCUT2D eigenvalue weighted by Gasteiger charge is -2.29. The van der Waals surface area contributed by atoms with Crippen LogP contribution in [0.25, 0.3) is 0 Å². The van der Waals surface area contributed by atoms with Gasteiger partial charge in [-0.15, -0.1) is 0 Å². The molecule has 0 aromatic rings.